The molecular formula is C21H16N2O5. The number of aliphatic hydroxyl groups excluding tert-OH is 1. The summed E-state index contributed by atoms with van der Waals surface area (Å²) >= 11 is 0. The highest BCUT2D eigenvalue weighted by Gasteiger charge is 2.49. The van der Waals surface area contributed by atoms with E-state index in [4.69, 9.17) is 9.15 Å². The normalized spacial score (nSPS) is 18.5. The van der Waals surface area contributed by atoms with E-state index in [1.807, 2.05) is 0 Å². The molecular weight excluding hydrogens is 360 g/mol. The van der Waals surface area contributed by atoms with Gasteiger partial charge in [0, 0.05) is 18.0 Å². The summed E-state index contributed by atoms with van der Waals surface area (Å²) in [6, 6.07) is 12.4. The van der Waals surface area contributed by atoms with Gasteiger partial charge in [-0.05, 0) is 36.4 Å². The number of ether oxygens (including phenoxy) is 1. The van der Waals surface area contributed by atoms with Gasteiger partial charge in [-0.2, -0.15) is 0 Å². The van der Waals surface area contributed by atoms with Gasteiger partial charge in [-0.3, -0.25) is 19.5 Å². The predicted molar refractivity (Wildman–Crippen MR) is 101 cm³/mol. The maximum absolute atomic E-state index is 12.9. The van der Waals surface area contributed by atoms with Crippen LogP contribution in [-0.4, -0.2) is 28.9 Å². The molecule has 0 aliphatic carbocycles. The van der Waals surface area contributed by atoms with Gasteiger partial charge in [-0.15, -0.1) is 0 Å². The lowest BCUT2D eigenvalue weighted by atomic mass is 9.99. The largest absolute Gasteiger partial charge is 0.507 e. The summed E-state index contributed by atoms with van der Waals surface area (Å²) < 4.78 is 10.9. The molecule has 140 valence electrons. The Balaban J connectivity index is 1.95. The summed E-state index contributed by atoms with van der Waals surface area (Å²) in [4.78, 5) is 31.0. The van der Waals surface area contributed by atoms with Crippen LogP contribution in [0.1, 0.15) is 17.4 Å². The maximum atomic E-state index is 12.9. The van der Waals surface area contributed by atoms with E-state index in [-0.39, 0.29) is 11.3 Å². The second-order valence-electron chi connectivity index (χ2n) is 6.09. The number of para-hydroxylation sites is 2. The zero-order valence-corrected chi connectivity index (χ0v) is 14.9. The zero-order chi connectivity index (χ0) is 19.7. The minimum Gasteiger partial charge on any atom is -0.507 e. The molecule has 1 atom stereocenters. The van der Waals surface area contributed by atoms with E-state index < -0.39 is 17.7 Å². The number of benzene rings is 1. The van der Waals surface area contributed by atoms with Crippen LogP contribution >= 0.6 is 0 Å². The molecule has 7 heteroatoms. The Kier molecular flexibility index (Phi) is 4.41. The van der Waals surface area contributed by atoms with Crippen molar-refractivity contribution in [3.63, 3.8) is 0 Å². The molecule has 4 rings (SSSR count). The molecule has 28 heavy (non-hydrogen) atoms. The lowest BCUT2D eigenvalue weighted by Crippen LogP contribution is -2.29. The molecule has 3 heterocycles. The average molecular weight is 376 g/mol. The van der Waals surface area contributed by atoms with Crippen molar-refractivity contribution in [2.45, 2.75) is 6.04 Å². The molecule has 0 saturated carbocycles. The second kappa shape index (κ2) is 7.03. The minimum absolute atomic E-state index is 0.0583. The number of pyridine rings is 1. The third kappa shape index (κ3) is 2.73. The molecule has 1 aliphatic heterocycles. The Morgan fingerprint density at radius 3 is 2.54 bits per heavy atom. The molecule has 1 aliphatic rings. The quantitative estimate of drug-likeness (QED) is 0.427. The molecule has 0 radical (unpaired) electrons. The predicted octanol–water partition coefficient (Wildman–Crippen LogP) is 3.31. The van der Waals surface area contributed by atoms with E-state index >= 15 is 0 Å². The molecule has 1 aromatic carbocycles. The number of amides is 1. The van der Waals surface area contributed by atoms with Crippen molar-refractivity contribution in [2.24, 2.45) is 0 Å². The molecule has 1 unspecified atom stereocenters. The number of furan rings is 1. The van der Waals surface area contributed by atoms with Crippen molar-refractivity contribution >= 4 is 23.1 Å². The highest BCUT2D eigenvalue weighted by atomic mass is 16.5. The number of hydrogen-bond acceptors (Lipinski definition) is 6. The van der Waals surface area contributed by atoms with Crippen LogP contribution in [0.2, 0.25) is 0 Å². The van der Waals surface area contributed by atoms with Crippen LogP contribution < -0.4 is 9.64 Å². The Hall–Kier alpha value is -3.87. The summed E-state index contributed by atoms with van der Waals surface area (Å²) in [5.41, 5.74) is 0.726. The van der Waals surface area contributed by atoms with E-state index in [9.17, 15) is 14.7 Å². The van der Waals surface area contributed by atoms with Crippen LogP contribution in [0.5, 0.6) is 5.75 Å². The van der Waals surface area contributed by atoms with Crippen LogP contribution in [0, 0.1) is 0 Å². The highest BCUT2D eigenvalue weighted by Crippen LogP contribution is 2.44. The summed E-state index contributed by atoms with van der Waals surface area (Å²) in [5, 5.41) is 10.8. The number of hydrogen-bond donors (Lipinski definition) is 1. The van der Waals surface area contributed by atoms with E-state index in [1.165, 1.54) is 30.7 Å². The van der Waals surface area contributed by atoms with Gasteiger partial charge in [0.15, 0.2) is 0 Å². The number of carbonyl (C=O) groups is 2. The van der Waals surface area contributed by atoms with Gasteiger partial charge in [-0.1, -0.05) is 12.1 Å². The second-order valence-corrected chi connectivity index (χ2v) is 6.09. The first-order valence-corrected chi connectivity index (χ1v) is 8.51. The van der Waals surface area contributed by atoms with E-state index in [2.05, 4.69) is 4.98 Å². The Labute approximate surface area is 160 Å². The fourth-order valence-electron chi connectivity index (χ4n) is 3.29. The topological polar surface area (TPSA) is 92.9 Å². The fraction of sp³-hybridized carbons (Fsp3) is 0.0952. The first kappa shape index (κ1) is 17.5. The van der Waals surface area contributed by atoms with E-state index in [1.54, 1.807) is 48.5 Å². The van der Waals surface area contributed by atoms with Gasteiger partial charge in [0.1, 0.15) is 23.3 Å². The smallest absolute Gasteiger partial charge is 0.300 e. The van der Waals surface area contributed by atoms with Crippen LogP contribution in [0.15, 0.2) is 77.2 Å². The minimum atomic E-state index is -0.931. The van der Waals surface area contributed by atoms with Crippen molar-refractivity contribution in [1.82, 2.24) is 4.98 Å². The summed E-state index contributed by atoms with van der Waals surface area (Å²) in [7, 11) is 1.48. The molecule has 3 aromatic rings. The van der Waals surface area contributed by atoms with Crippen LogP contribution in [-0.2, 0) is 9.59 Å². The SMILES string of the molecule is COc1ccccc1N1C(=O)C(=O)/C(=C(\O)c2ccncc2)C1c1ccco1. The molecule has 1 amide bonds. The molecule has 0 bridgehead atoms. The number of anilines is 1. The molecule has 7 nitrogen and oxygen atoms in total. The number of nitrogens with zero attached hydrogens (tertiary/aromatic N) is 2. The lowest BCUT2D eigenvalue weighted by Gasteiger charge is -2.24. The zero-order valence-electron chi connectivity index (χ0n) is 14.9. The van der Waals surface area contributed by atoms with Gasteiger partial charge in [-0.25, -0.2) is 0 Å². The third-order valence-electron chi connectivity index (χ3n) is 4.56. The number of aliphatic hydroxyl groups is 1. The standard InChI is InChI=1S/C21H16N2O5/c1-27-15-6-3-2-5-14(15)23-18(16-7-4-12-28-16)17(20(25)21(23)26)19(24)13-8-10-22-11-9-13/h2-12,18,24H,1H3/b19-17-. The maximum Gasteiger partial charge on any atom is 0.300 e. The number of ketones is 1. The average Bonchev–Trinajstić information content (AvgIpc) is 3.35. The molecule has 0 spiro atoms. The van der Waals surface area contributed by atoms with Crippen molar-refractivity contribution in [2.75, 3.05) is 12.0 Å². The van der Waals surface area contributed by atoms with Crippen molar-refractivity contribution < 1.29 is 23.8 Å². The van der Waals surface area contributed by atoms with Gasteiger partial charge in [0.25, 0.3) is 11.7 Å². The first-order valence-electron chi connectivity index (χ1n) is 8.51. The number of rotatable bonds is 4. The van der Waals surface area contributed by atoms with Crippen molar-refractivity contribution in [3.8, 4) is 5.75 Å². The molecule has 1 N–H and O–H groups in total. The monoisotopic (exact) mass is 376 g/mol. The fourth-order valence-corrected chi connectivity index (χ4v) is 3.29. The third-order valence-corrected chi connectivity index (χ3v) is 4.56. The Morgan fingerprint density at radius 2 is 1.86 bits per heavy atom. The molecule has 2 aromatic heterocycles. The van der Waals surface area contributed by atoms with Gasteiger partial charge >= 0.3 is 0 Å². The lowest BCUT2D eigenvalue weighted by molar-refractivity contribution is -0.132. The van der Waals surface area contributed by atoms with E-state index in [0.717, 1.165) is 0 Å². The summed E-state index contributed by atoms with van der Waals surface area (Å²) in [6.45, 7) is 0. The van der Waals surface area contributed by atoms with Crippen LogP contribution in [0.3, 0.4) is 0 Å². The van der Waals surface area contributed by atoms with Crippen molar-refractivity contribution in [1.29, 1.82) is 0 Å². The van der Waals surface area contributed by atoms with Gasteiger partial charge in [0.2, 0.25) is 0 Å². The molecule has 1 fully saturated rings. The number of Topliss-reactive ketones (excluding diaryl/α,β-unsaturated/α-hetero) is 1. The van der Waals surface area contributed by atoms with E-state index in [0.29, 0.717) is 22.8 Å². The summed E-state index contributed by atoms with van der Waals surface area (Å²) in [5.74, 6) is -1.10. The first-order chi connectivity index (χ1) is 13.6. The molecule has 1 saturated heterocycles. The Morgan fingerprint density at radius 1 is 1.11 bits per heavy atom. The number of methoxy groups -OCH3 is 1. The van der Waals surface area contributed by atoms with Gasteiger partial charge < -0.3 is 14.3 Å². The Bertz CT molecular complexity index is 1060. The number of aromatic nitrogens is 1. The number of carbonyl (C=O) groups excluding carboxylic acids is 2. The van der Waals surface area contributed by atoms with Crippen LogP contribution in [0.4, 0.5) is 5.69 Å². The van der Waals surface area contributed by atoms with Crippen molar-refractivity contribution in [3.05, 3.63) is 84.1 Å². The van der Waals surface area contributed by atoms with Gasteiger partial charge in [0.05, 0.1) is 24.6 Å². The van der Waals surface area contributed by atoms with Crippen LogP contribution in [0.25, 0.3) is 5.76 Å². The summed E-state index contributed by atoms with van der Waals surface area (Å²) in [6.07, 6.45) is 4.44. The highest BCUT2D eigenvalue weighted by molar-refractivity contribution is 6.51.